The van der Waals surface area contributed by atoms with Crippen molar-refractivity contribution < 1.29 is 23.9 Å². The molecule has 0 heterocycles. The summed E-state index contributed by atoms with van der Waals surface area (Å²) in [5, 5.41) is 11.1. The Kier molecular flexibility index (Phi) is 8.09. The fourth-order valence-corrected chi connectivity index (χ4v) is 4.07. The minimum absolute atomic E-state index is 0.00529. The number of aliphatic carboxylic acids is 1. The molecule has 0 bridgehead atoms. The van der Waals surface area contributed by atoms with E-state index in [1.165, 1.54) is 24.2 Å². The first-order valence-electron chi connectivity index (χ1n) is 9.01. The molecule has 0 aromatic heterocycles. The first-order valence-corrected chi connectivity index (χ1v) is 9.99. The molecule has 148 valence electrons. The van der Waals surface area contributed by atoms with Crippen LogP contribution >= 0.6 is 11.8 Å². The number of carboxylic acids is 1. The Labute approximate surface area is 162 Å². The van der Waals surface area contributed by atoms with Gasteiger partial charge >= 0.3 is 5.97 Å². The number of amides is 2. The van der Waals surface area contributed by atoms with E-state index in [0.717, 1.165) is 25.7 Å². The maximum absolute atomic E-state index is 12.8. The molecule has 2 N–H and O–H groups in total. The molecular formula is C19H25FN2O4S. The van der Waals surface area contributed by atoms with Crippen LogP contribution in [0.15, 0.2) is 29.2 Å². The predicted molar refractivity (Wildman–Crippen MR) is 102 cm³/mol. The zero-order valence-electron chi connectivity index (χ0n) is 15.3. The van der Waals surface area contributed by atoms with Crippen molar-refractivity contribution in [3.8, 4) is 0 Å². The van der Waals surface area contributed by atoms with Crippen molar-refractivity contribution in [3.05, 3.63) is 29.8 Å². The fourth-order valence-electron chi connectivity index (χ4n) is 3.10. The maximum atomic E-state index is 12.8. The second kappa shape index (κ2) is 10.3. The van der Waals surface area contributed by atoms with Crippen molar-refractivity contribution in [3.63, 3.8) is 0 Å². The number of thioether (sulfide) groups is 1. The van der Waals surface area contributed by atoms with Gasteiger partial charge in [-0.15, -0.1) is 11.8 Å². The first kappa shape index (κ1) is 21.2. The molecule has 1 saturated carbocycles. The van der Waals surface area contributed by atoms with Crippen LogP contribution in [0.3, 0.4) is 0 Å². The average Bonchev–Trinajstić information content (AvgIpc) is 2.70. The van der Waals surface area contributed by atoms with Crippen LogP contribution < -0.4 is 5.32 Å². The van der Waals surface area contributed by atoms with Crippen LogP contribution in [-0.4, -0.2) is 59.3 Å². The van der Waals surface area contributed by atoms with Gasteiger partial charge in [-0.1, -0.05) is 31.4 Å². The molecule has 1 aromatic rings. The Hall–Kier alpha value is -2.09. The van der Waals surface area contributed by atoms with E-state index in [2.05, 4.69) is 5.32 Å². The van der Waals surface area contributed by atoms with Gasteiger partial charge in [0.25, 0.3) is 5.91 Å². The van der Waals surface area contributed by atoms with Gasteiger partial charge in [0, 0.05) is 18.0 Å². The van der Waals surface area contributed by atoms with E-state index in [1.807, 2.05) is 7.05 Å². The number of nitrogens with one attached hydrogen (secondary N) is 1. The molecule has 1 aliphatic carbocycles. The van der Waals surface area contributed by atoms with E-state index in [-0.39, 0.29) is 23.3 Å². The minimum Gasteiger partial charge on any atom is -0.480 e. The highest BCUT2D eigenvalue weighted by Gasteiger charge is 2.24. The molecule has 8 heteroatoms. The molecule has 0 radical (unpaired) electrons. The first-order chi connectivity index (χ1) is 12.9. The number of nitrogens with zero attached hydrogens (tertiary/aromatic N) is 1. The standard InChI is InChI=1S/C19H25FN2O4S/c1-22(13-7-3-2-4-8-13)17(23)12-27-16-10-6-5-9-14(16)18(24)21-15(11-20)19(25)26/h5-6,9-10,13,15H,2-4,7-8,11-12H2,1H3,(H,21,24)(H,25,26). The van der Waals surface area contributed by atoms with E-state index < -0.39 is 24.6 Å². The fraction of sp³-hybridized carbons (Fsp3) is 0.526. The molecule has 1 atom stereocenters. The summed E-state index contributed by atoms with van der Waals surface area (Å²) in [4.78, 5) is 38.1. The quantitative estimate of drug-likeness (QED) is 0.660. The summed E-state index contributed by atoms with van der Waals surface area (Å²) in [5.74, 6) is -1.92. The monoisotopic (exact) mass is 396 g/mol. The number of hydrogen-bond donors (Lipinski definition) is 2. The van der Waals surface area contributed by atoms with Gasteiger partial charge in [-0.2, -0.15) is 0 Å². The summed E-state index contributed by atoms with van der Waals surface area (Å²) < 4.78 is 12.8. The predicted octanol–water partition coefficient (Wildman–Crippen LogP) is 2.72. The topological polar surface area (TPSA) is 86.7 Å². The largest absolute Gasteiger partial charge is 0.480 e. The highest BCUT2D eigenvalue weighted by Crippen LogP contribution is 2.25. The van der Waals surface area contributed by atoms with Crippen molar-refractivity contribution in [2.24, 2.45) is 0 Å². The van der Waals surface area contributed by atoms with Crippen molar-refractivity contribution in [2.45, 2.75) is 49.1 Å². The zero-order chi connectivity index (χ0) is 19.8. The van der Waals surface area contributed by atoms with Gasteiger partial charge in [-0.25, -0.2) is 9.18 Å². The molecule has 0 saturated heterocycles. The summed E-state index contributed by atoms with van der Waals surface area (Å²) in [6.07, 6.45) is 5.53. The van der Waals surface area contributed by atoms with Gasteiger partial charge in [-0.3, -0.25) is 9.59 Å². The van der Waals surface area contributed by atoms with E-state index in [0.29, 0.717) is 4.90 Å². The lowest BCUT2D eigenvalue weighted by Gasteiger charge is -2.31. The van der Waals surface area contributed by atoms with Gasteiger partial charge in [0.05, 0.1) is 11.3 Å². The molecule has 1 fully saturated rings. The summed E-state index contributed by atoms with van der Waals surface area (Å²) in [7, 11) is 1.82. The van der Waals surface area contributed by atoms with Crippen LogP contribution in [0, 0.1) is 0 Å². The molecule has 2 rings (SSSR count). The van der Waals surface area contributed by atoms with Crippen LogP contribution in [0.25, 0.3) is 0 Å². The van der Waals surface area contributed by atoms with E-state index in [1.54, 1.807) is 23.1 Å². The number of carboxylic acid groups (broad SMARTS) is 1. The second-order valence-corrected chi connectivity index (χ2v) is 7.62. The second-order valence-electron chi connectivity index (χ2n) is 6.60. The van der Waals surface area contributed by atoms with Crippen LogP contribution in [0.1, 0.15) is 42.5 Å². The minimum atomic E-state index is -1.59. The number of carbonyl (C=O) groups is 3. The number of rotatable bonds is 8. The third-order valence-electron chi connectivity index (χ3n) is 4.76. The van der Waals surface area contributed by atoms with Crippen molar-refractivity contribution in [1.29, 1.82) is 0 Å². The summed E-state index contributed by atoms with van der Waals surface area (Å²) in [6.45, 7) is -1.19. The maximum Gasteiger partial charge on any atom is 0.328 e. The van der Waals surface area contributed by atoms with Gasteiger partial charge < -0.3 is 15.3 Å². The number of alkyl halides is 1. The molecule has 1 aliphatic rings. The van der Waals surface area contributed by atoms with Gasteiger partial charge in [-0.05, 0) is 25.0 Å². The van der Waals surface area contributed by atoms with Crippen molar-refractivity contribution >= 4 is 29.5 Å². The van der Waals surface area contributed by atoms with Gasteiger partial charge in [0.15, 0.2) is 6.04 Å². The number of carbonyl (C=O) groups excluding carboxylic acids is 2. The normalized spacial score (nSPS) is 15.8. The van der Waals surface area contributed by atoms with E-state index >= 15 is 0 Å². The number of benzene rings is 1. The Morgan fingerprint density at radius 3 is 2.56 bits per heavy atom. The van der Waals surface area contributed by atoms with Gasteiger partial charge in [0.2, 0.25) is 5.91 Å². The average molecular weight is 396 g/mol. The Balaban J connectivity index is 1.99. The molecule has 0 aliphatic heterocycles. The molecular weight excluding hydrogens is 371 g/mol. The summed E-state index contributed by atoms with van der Waals surface area (Å²) in [6, 6.07) is 5.28. The molecule has 1 unspecified atom stereocenters. The van der Waals surface area contributed by atoms with Gasteiger partial charge in [0.1, 0.15) is 6.67 Å². The Morgan fingerprint density at radius 2 is 1.93 bits per heavy atom. The lowest BCUT2D eigenvalue weighted by atomic mass is 9.94. The molecule has 27 heavy (non-hydrogen) atoms. The van der Waals surface area contributed by atoms with Crippen molar-refractivity contribution in [1.82, 2.24) is 10.2 Å². The third-order valence-corrected chi connectivity index (χ3v) is 5.81. The third kappa shape index (κ3) is 5.95. The van der Waals surface area contributed by atoms with Crippen LogP contribution in [0.2, 0.25) is 0 Å². The summed E-state index contributed by atoms with van der Waals surface area (Å²) >= 11 is 1.23. The van der Waals surface area contributed by atoms with E-state index in [4.69, 9.17) is 5.11 Å². The smallest absolute Gasteiger partial charge is 0.328 e. The van der Waals surface area contributed by atoms with Crippen LogP contribution in [0.4, 0.5) is 4.39 Å². The van der Waals surface area contributed by atoms with Crippen LogP contribution in [0.5, 0.6) is 0 Å². The lowest BCUT2D eigenvalue weighted by molar-refractivity contribution is -0.139. The molecule has 6 nitrogen and oxygen atoms in total. The molecule has 1 aromatic carbocycles. The van der Waals surface area contributed by atoms with Crippen LogP contribution in [-0.2, 0) is 9.59 Å². The molecule has 0 spiro atoms. The Bertz CT molecular complexity index is 679. The zero-order valence-corrected chi connectivity index (χ0v) is 16.1. The molecule has 2 amide bonds. The van der Waals surface area contributed by atoms with Crippen molar-refractivity contribution in [2.75, 3.05) is 19.5 Å². The SMILES string of the molecule is CN(C(=O)CSc1ccccc1C(=O)NC(CF)C(=O)O)C1CCCCC1. The highest BCUT2D eigenvalue weighted by molar-refractivity contribution is 8.00. The number of halogens is 1. The number of hydrogen-bond acceptors (Lipinski definition) is 4. The Morgan fingerprint density at radius 1 is 1.26 bits per heavy atom. The summed E-state index contributed by atoms with van der Waals surface area (Å²) in [5.41, 5.74) is 0.232. The lowest BCUT2D eigenvalue weighted by Crippen LogP contribution is -2.42. The highest BCUT2D eigenvalue weighted by atomic mass is 32.2. The van der Waals surface area contributed by atoms with E-state index in [9.17, 15) is 18.8 Å².